The summed E-state index contributed by atoms with van der Waals surface area (Å²) >= 11 is 0. The Morgan fingerprint density at radius 3 is 2.72 bits per heavy atom. The van der Waals surface area contributed by atoms with E-state index in [1.165, 1.54) is 6.07 Å². The van der Waals surface area contributed by atoms with Crippen LogP contribution < -0.4 is 0 Å². The Kier molecular flexibility index (Phi) is 5.89. The highest BCUT2D eigenvalue weighted by Gasteiger charge is 2.21. The second-order valence-corrected chi connectivity index (χ2v) is 6.70. The highest BCUT2D eigenvalue weighted by atomic mass is 19.1. The molecule has 0 aliphatic carbocycles. The van der Waals surface area contributed by atoms with Crippen LogP contribution in [0.25, 0.3) is 11.4 Å². The molecule has 0 spiro atoms. The summed E-state index contributed by atoms with van der Waals surface area (Å²) in [5.41, 5.74) is 0.130. The van der Waals surface area contributed by atoms with Gasteiger partial charge in [0.25, 0.3) is 0 Å². The lowest BCUT2D eigenvalue weighted by Crippen LogP contribution is -2.42. The van der Waals surface area contributed by atoms with Crippen LogP contribution in [0.4, 0.5) is 4.39 Å². The molecule has 136 valence electrons. The number of aromatic nitrogens is 2. The van der Waals surface area contributed by atoms with E-state index in [1.807, 2.05) is 6.92 Å². The van der Waals surface area contributed by atoms with Crippen LogP contribution in [-0.2, 0) is 11.2 Å². The first-order valence-electron chi connectivity index (χ1n) is 8.29. The van der Waals surface area contributed by atoms with E-state index in [2.05, 4.69) is 10.1 Å². The molecule has 2 aromatic rings. The number of amides is 1. The van der Waals surface area contributed by atoms with Gasteiger partial charge >= 0.3 is 0 Å². The highest BCUT2D eigenvalue weighted by molar-refractivity contribution is 5.76. The molecular weight excluding hydrogens is 325 g/mol. The molecule has 0 aliphatic rings. The van der Waals surface area contributed by atoms with Crippen molar-refractivity contribution in [2.75, 3.05) is 13.1 Å². The topological polar surface area (TPSA) is 79.5 Å². The van der Waals surface area contributed by atoms with E-state index in [1.54, 1.807) is 37.8 Å². The average Bonchev–Trinajstić information content (AvgIpc) is 3.01. The smallest absolute Gasteiger partial charge is 0.227 e. The van der Waals surface area contributed by atoms with E-state index in [-0.39, 0.29) is 24.7 Å². The molecule has 0 saturated carbocycles. The molecule has 6 nitrogen and oxygen atoms in total. The molecule has 25 heavy (non-hydrogen) atoms. The summed E-state index contributed by atoms with van der Waals surface area (Å²) in [6.07, 6.45) is 0.496. The van der Waals surface area contributed by atoms with Gasteiger partial charge in [0.2, 0.25) is 17.6 Å². The van der Waals surface area contributed by atoms with Crippen LogP contribution in [0.15, 0.2) is 22.7 Å². The molecule has 7 heteroatoms. The first kappa shape index (κ1) is 19.1. The second kappa shape index (κ2) is 7.74. The van der Waals surface area contributed by atoms with Crippen LogP contribution in [0.5, 0.6) is 0 Å². The van der Waals surface area contributed by atoms with Gasteiger partial charge in [-0.25, -0.2) is 4.39 Å². The van der Waals surface area contributed by atoms with Crippen molar-refractivity contribution >= 4 is 5.91 Å². The molecular formula is C18H24FN3O3. The largest absolute Gasteiger partial charge is 0.389 e. The quantitative estimate of drug-likeness (QED) is 0.831. The monoisotopic (exact) mass is 349 g/mol. The number of likely N-dealkylation sites (N-methyl/N-ethyl adjacent to an activating group) is 1. The van der Waals surface area contributed by atoms with Gasteiger partial charge in [0, 0.05) is 31.5 Å². The fourth-order valence-corrected chi connectivity index (χ4v) is 2.42. The normalized spacial score (nSPS) is 11.6. The minimum absolute atomic E-state index is 0.0919. The summed E-state index contributed by atoms with van der Waals surface area (Å²) in [5, 5.41) is 13.7. The summed E-state index contributed by atoms with van der Waals surface area (Å²) in [6.45, 7) is 7.64. The predicted molar refractivity (Wildman–Crippen MR) is 91.3 cm³/mol. The first-order valence-corrected chi connectivity index (χ1v) is 8.29. The van der Waals surface area contributed by atoms with E-state index in [0.717, 1.165) is 0 Å². The molecule has 0 fully saturated rings. The lowest BCUT2D eigenvalue weighted by Gasteiger charge is -2.28. The number of carbonyl (C=O) groups excluding carboxylic acids is 1. The van der Waals surface area contributed by atoms with Crippen molar-refractivity contribution in [1.82, 2.24) is 15.0 Å². The molecule has 1 N–H and O–H groups in total. The van der Waals surface area contributed by atoms with E-state index >= 15 is 0 Å². The van der Waals surface area contributed by atoms with Crippen molar-refractivity contribution in [1.29, 1.82) is 0 Å². The van der Waals surface area contributed by atoms with Crippen molar-refractivity contribution in [3.8, 4) is 11.4 Å². The van der Waals surface area contributed by atoms with Crippen molar-refractivity contribution < 1.29 is 18.8 Å². The Balaban J connectivity index is 1.99. The maximum absolute atomic E-state index is 13.6. The molecule has 0 saturated heterocycles. The third-order valence-electron chi connectivity index (χ3n) is 3.76. The fraction of sp³-hybridized carbons (Fsp3) is 0.500. The van der Waals surface area contributed by atoms with Crippen LogP contribution in [0, 0.1) is 12.7 Å². The summed E-state index contributed by atoms with van der Waals surface area (Å²) in [7, 11) is 0. The average molecular weight is 349 g/mol. The van der Waals surface area contributed by atoms with E-state index < -0.39 is 5.60 Å². The summed E-state index contributed by atoms with van der Waals surface area (Å²) < 4.78 is 18.8. The Labute approximate surface area is 146 Å². The number of aliphatic hydroxyl groups is 1. The molecule has 1 aromatic carbocycles. The van der Waals surface area contributed by atoms with Gasteiger partial charge in [-0.3, -0.25) is 4.79 Å². The minimum atomic E-state index is -0.946. The number of benzene rings is 1. The van der Waals surface area contributed by atoms with E-state index in [0.29, 0.717) is 35.8 Å². The molecule has 2 rings (SSSR count). The zero-order valence-corrected chi connectivity index (χ0v) is 15.0. The molecule has 0 atom stereocenters. The number of nitrogens with zero attached hydrogens (tertiary/aromatic N) is 3. The SMILES string of the molecule is CCN(CC(C)(C)O)C(=O)CCc1nc(-c2ccc(C)c(F)c2)no1. The molecule has 0 radical (unpaired) electrons. The van der Waals surface area contributed by atoms with Crippen LogP contribution >= 0.6 is 0 Å². The van der Waals surface area contributed by atoms with Crippen molar-refractivity contribution in [2.24, 2.45) is 0 Å². The molecule has 1 aromatic heterocycles. The van der Waals surface area contributed by atoms with E-state index in [4.69, 9.17) is 4.52 Å². The third kappa shape index (κ3) is 5.35. The van der Waals surface area contributed by atoms with Crippen LogP contribution in [0.3, 0.4) is 0 Å². The Hall–Kier alpha value is -2.28. The first-order chi connectivity index (χ1) is 11.7. The number of hydrogen-bond acceptors (Lipinski definition) is 5. The van der Waals surface area contributed by atoms with Crippen LogP contribution in [-0.4, -0.2) is 44.7 Å². The lowest BCUT2D eigenvalue weighted by atomic mass is 10.1. The van der Waals surface area contributed by atoms with Gasteiger partial charge in [-0.2, -0.15) is 4.98 Å². The van der Waals surface area contributed by atoms with Gasteiger partial charge in [-0.05, 0) is 39.3 Å². The van der Waals surface area contributed by atoms with Crippen molar-refractivity contribution in [2.45, 2.75) is 46.1 Å². The lowest BCUT2D eigenvalue weighted by molar-refractivity contribution is -0.134. The van der Waals surface area contributed by atoms with Gasteiger partial charge in [0.15, 0.2) is 0 Å². The van der Waals surface area contributed by atoms with Crippen molar-refractivity contribution in [3.63, 3.8) is 0 Å². The molecule has 1 amide bonds. The molecule has 0 aliphatic heterocycles. The Morgan fingerprint density at radius 1 is 1.40 bits per heavy atom. The Morgan fingerprint density at radius 2 is 2.12 bits per heavy atom. The van der Waals surface area contributed by atoms with Gasteiger partial charge in [0.1, 0.15) is 5.82 Å². The van der Waals surface area contributed by atoms with Crippen LogP contribution in [0.2, 0.25) is 0 Å². The standard InChI is InChI=1S/C18H24FN3O3/c1-5-22(11-18(3,4)24)16(23)9-8-15-20-17(21-25-15)13-7-6-12(2)14(19)10-13/h6-7,10,24H,5,8-9,11H2,1-4H3. The zero-order chi connectivity index (χ0) is 18.6. The van der Waals surface area contributed by atoms with Gasteiger partial charge in [-0.15, -0.1) is 0 Å². The highest BCUT2D eigenvalue weighted by Crippen LogP contribution is 2.19. The number of carbonyl (C=O) groups is 1. The Bertz CT molecular complexity index is 737. The fourth-order valence-electron chi connectivity index (χ4n) is 2.42. The summed E-state index contributed by atoms with van der Waals surface area (Å²) in [4.78, 5) is 18.1. The summed E-state index contributed by atoms with van der Waals surface area (Å²) in [5.74, 6) is 0.198. The van der Waals surface area contributed by atoms with Gasteiger partial charge < -0.3 is 14.5 Å². The number of halogens is 1. The van der Waals surface area contributed by atoms with Crippen LogP contribution in [0.1, 0.15) is 38.6 Å². The zero-order valence-electron chi connectivity index (χ0n) is 15.0. The maximum Gasteiger partial charge on any atom is 0.227 e. The van der Waals surface area contributed by atoms with Gasteiger partial charge in [-0.1, -0.05) is 17.3 Å². The molecule has 0 bridgehead atoms. The van der Waals surface area contributed by atoms with E-state index in [9.17, 15) is 14.3 Å². The summed E-state index contributed by atoms with van der Waals surface area (Å²) in [6, 6.07) is 4.73. The second-order valence-electron chi connectivity index (χ2n) is 6.70. The molecule has 0 unspecified atom stereocenters. The molecule has 1 heterocycles. The predicted octanol–water partition coefficient (Wildman–Crippen LogP) is 2.74. The number of aryl methyl sites for hydroxylation is 2. The number of rotatable bonds is 7. The maximum atomic E-state index is 13.6. The third-order valence-corrected chi connectivity index (χ3v) is 3.76. The minimum Gasteiger partial charge on any atom is -0.389 e. The van der Waals surface area contributed by atoms with Crippen molar-refractivity contribution in [3.05, 3.63) is 35.5 Å². The van der Waals surface area contributed by atoms with Gasteiger partial charge in [0.05, 0.1) is 5.60 Å². The number of hydrogen-bond donors (Lipinski definition) is 1.